The minimum Gasteiger partial charge on any atom is -0.849 e. The molecule has 7 heteroatoms. The van der Waals surface area contributed by atoms with Gasteiger partial charge >= 0.3 is 27.3 Å². The van der Waals surface area contributed by atoms with Gasteiger partial charge in [0.05, 0.1) is 12.7 Å². The first-order valence-electron chi connectivity index (χ1n) is 7.59. The Hall–Kier alpha value is -0.878. The van der Waals surface area contributed by atoms with Gasteiger partial charge in [-0.1, -0.05) is 66.8 Å². The predicted molar refractivity (Wildman–Crippen MR) is 89.2 cm³/mol. The maximum atomic E-state index is 10.8. The molecule has 3 N–H and O–H groups in total. The molecule has 1 saturated heterocycles. The maximum absolute atomic E-state index is 10.8. The number of benzene rings is 2. The van der Waals surface area contributed by atoms with Crippen LogP contribution in [0.5, 0.6) is 0 Å². The van der Waals surface area contributed by atoms with Crippen molar-refractivity contribution >= 4 is 27.3 Å². The fraction of sp³-hybridized carbons (Fsp3) is 0.333. The topological polar surface area (TPSA) is 116 Å². The van der Waals surface area contributed by atoms with E-state index in [1.807, 2.05) is 12.1 Å². The molecule has 2 radical (unpaired) electrons. The van der Waals surface area contributed by atoms with Crippen LogP contribution in [0.1, 0.15) is 0 Å². The van der Waals surface area contributed by atoms with E-state index in [1.54, 1.807) is 0 Å². The standard InChI is InChI=1S/C12H10.C6H10O6.Pb/c1-3-7-11(8-4-1)12-9-5-2-6-10-12;7-1-2-3(8)4(9)5(10)6(11)12-2;/h1-10H;2-9H,1H2;/q;-2;+2/t;2-,3-,4+,5+,6?;/m.1./s1. The zero-order chi connectivity index (χ0) is 17.5. The van der Waals surface area contributed by atoms with Crippen LogP contribution in [-0.2, 0) is 4.74 Å². The zero-order valence-electron chi connectivity index (χ0n) is 13.4. The summed E-state index contributed by atoms with van der Waals surface area (Å²) in [6, 6.07) is 20.8. The van der Waals surface area contributed by atoms with Crippen LogP contribution in [0.15, 0.2) is 60.7 Å². The van der Waals surface area contributed by atoms with Crippen LogP contribution in [0.25, 0.3) is 11.1 Å². The smallest absolute Gasteiger partial charge is 0.849 e. The third kappa shape index (κ3) is 6.10. The molecule has 2 aromatic carbocycles. The summed E-state index contributed by atoms with van der Waals surface area (Å²) in [7, 11) is 0. The second-order valence-electron chi connectivity index (χ2n) is 5.40. The Bertz CT molecular complexity index is 555. The number of ether oxygens (including phenoxy) is 1. The van der Waals surface area contributed by atoms with Gasteiger partial charge in [0, 0.05) is 0 Å². The summed E-state index contributed by atoms with van der Waals surface area (Å²) in [5.41, 5.74) is 2.55. The molecule has 6 nitrogen and oxygen atoms in total. The molecule has 132 valence electrons. The Labute approximate surface area is 166 Å². The van der Waals surface area contributed by atoms with Gasteiger partial charge in [0.1, 0.15) is 12.2 Å². The molecule has 1 unspecified atom stereocenters. The molecule has 0 amide bonds. The van der Waals surface area contributed by atoms with Crippen LogP contribution in [0.2, 0.25) is 0 Å². The number of hydrogen-bond acceptors (Lipinski definition) is 6. The molecular weight excluding hydrogens is 519 g/mol. The Morgan fingerprint density at radius 3 is 1.64 bits per heavy atom. The van der Waals surface area contributed by atoms with E-state index in [2.05, 4.69) is 53.3 Å². The predicted octanol–water partition coefficient (Wildman–Crippen LogP) is -1.51. The molecule has 1 aliphatic heterocycles. The number of rotatable bonds is 2. The molecule has 1 heterocycles. The Balaban J connectivity index is 0.000000240. The molecule has 0 aliphatic carbocycles. The Morgan fingerprint density at radius 1 is 0.800 bits per heavy atom. The second-order valence-corrected chi connectivity index (χ2v) is 5.40. The molecule has 0 saturated carbocycles. The minimum atomic E-state index is -1.93. The number of hydrogen-bond donors (Lipinski definition) is 3. The van der Waals surface area contributed by atoms with Crippen LogP contribution >= 0.6 is 0 Å². The fourth-order valence-corrected chi connectivity index (χ4v) is 2.32. The van der Waals surface area contributed by atoms with E-state index in [0.717, 1.165) is 0 Å². The van der Waals surface area contributed by atoms with Crippen LogP contribution in [0.3, 0.4) is 0 Å². The van der Waals surface area contributed by atoms with Gasteiger partial charge < -0.3 is 30.3 Å². The average Bonchev–Trinajstić information content (AvgIpc) is 2.65. The van der Waals surface area contributed by atoms with Gasteiger partial charge in [-0.05, 0) is 17.4 Å². The molecule has 0 spiro atoms. The third-order valence-electron chi connectivity index (χ3n) is 3.71. The van der Waals surface area contributed by atoms with Gasteiger partial charge in [-0.15, -0.1) is 0 Å². The van der Waals surface area contributed by atoms with Gasteiger partial charge in [0.15, 0.2) is 0 Å². The molecule has 1 fully saturated rings. The van der Waals surface area contributed by atoms with Crippen LogP contribution < -0.4 is 10.2 Å². The largest absolute Gasteiger partial charge is 2.00 e. The normalized spacial score (nSPS) is 28.3. The van der Waals surface area contributed by atoms with Gasteiger partial charge in [-0.25, -0.2) is 0 Å². The van der Waals surface area contributed by atoms with Crippen molar-refractivity contribution in [3.63, 3.8) is 0 Å². The summed E-state index contributed by atoms with van der Waals surface area (Å²) >= 11 is 0. The molecule has 1 aliphatic rings. The van der Waals surface area contributed by atoms with E-state index in [9.17, 15) is 10.2 Å². The second kappa shape index (κ2) is 11.0. The SMILES string of the molecule is [O-]C1O[C@H](CO)[C@@H](O)[C@H](O)[C@@H]1[O-].[Pb+2].c1ccc(-c2ccccc2)cc1. The molecule has 0 bridgehead atoms. The average molecular weight is 540 g/mol. The van der Waals surface area contributed by atoms with E-state index in [1.165, 1.54) is 11.1 Å². The fourth-order valence-electron chi connectivity index (χ4n) is 2.32. The summed E-state index contributed by atoms with van der Waals surface area (Å²) in [6.07, 6.45) is -8.14. The molecule has 3 rings (SSSR count). The van der Waals surface area contributed by atoms with Gasteiger partial charge in [-0.2, -0.15) is 0 Å². The summed E-state index contributed by atoms with van der Waals surface area (Å²) in [6.45, 7) is -0.594. The number of aliphatic hydroxyl groups excluding tert-OH is 3. The summed E-state index contributed by atoms with van der Waals surface area (Å²) in [5.74, 6) is 0. The zero-order valence-corrected chi connectivity index (χ0v) is 17.3. The quantitative estimate of drug-likeness (QED) is 0.400. The van der Waals surface area contributed by atoms with E-state index >= 15 is 0 Å². The Kier molecular flexibility index (Phi) is 9.72. The van der Waals surface area contributed by atoms with E-state index in [4.69, 9.17) is 15.3 Å². The van der Waals surface area contributed by atoms with Crippen molar-refractivity contribution in [1.82, 2.24) is 0 Å². The third-order valence-corrected chi connectivity index (χ3v) is 3.71. The van der Waals surface area contributed by atoms with Crippen molar-refractivity contribution in [3.05, 3.63) is 60.7 Å². The van der Waals surface area contributed by atoms with Crippen molar-refractivity contribution in [2.75, 3.05) is 6.61 Å². The molecule has 2 aromatic rings. The monoisotopic (exact) mass is 540 g/mol. The first kappa shape index (κ1) is 22.2. The van der Waals surface area contributed by atoms with Crippen LogP contribution in [0, 0.1) is 0 Å². The van der Waals surface area contributed by atoms with Gasteiger partial charge in [0.25, 0.3) is 0 Å². The van der Waals surface area contributed by atoms with E-state index < -0.39 is 37.3 Å². The first-order chi connectivity index (χ1) is 11.5. The van der Waals surface area contributed by atoms with E-state index in [-0.39, 0.29) is 27.3 Å². The summed E-state index contributed by atoms with van der Waals surface area (Å²) in [5, 5.41) is 48.0. The van der Waals surface area contributed by atoms with Crippen LogP contribution in [0.4, 0.5) is 0 Å². The van der Waals surface area contributed by atoms with Crippen molar-refractivity contribution in [3.8, 4) is 11.1 Å². The van der Waals surface area contributed by atoms with Crippen molar-refractivity contribution in [1.29, 1.82) is 0 Å². The summed E-state index contributed by atoms with van der Waals surface area (Å²) < 4.78 is 4.40. The summed E-state index contributed by atoms with van der Waals surface area (Å²) in [4.78, 5) is 0. The van der Waals surface area contributed by atoms with Crippen molar-refractivity contribution < 1.29 is 30.3 Å². The van der Waals surface area contributed by atoms with Gasteiger partial charge in [-0.3, -0.25) is 0 Å². The molecule has 25 heavy (non-hydrogen) atoms. The molecule has 0 aromatic heterocycles. The Morgan fingerprint density at radius 2 is 1.24 bits per heavy atom. The first-order valence-corrected chi connectivity index (χ1v) is 7.59. The molecule has 5 atom stereocenters. The maximum Gasteiger partial charge on any atom is 2.00 e. The van der Waals surface area contributed by atoms with Crippen LogP contribution in [-0.4, -0.2) is 79.9 Å². The van der Waals surface area contributed by atoms with Crippen molar-refractivity contribution in [2.24, 2.45) is 0 Å². The molecular formula is C18H20O6Pb. The minimum absolute atomic E-state index is 0. The van der Waals surface area contributed by atoms with Crippen molar-refractivity contribution in [2.45, 2.75) is 30.7 Å². The van der Waals surface area contributed by atoms with Gasteiger partial charge in [0.2, 0.25) is 0 Å². The van der Waals surface area contributed by atoms with E-state index in [0.29, 0.717) is 0 Å². The number of aliphatic hydroxyl groups is 3.